The van der Waals surface area contributed by atoms with Gasteiger partial charge in [0.1, 0.15) is 6.54 Å². The summed E-state index contributed by atoms with van der Waals surface area (Å²) in [5.41, 5.74) is 1.25. The summed E-state index contributed by atoms with van der Waals surface area (Å²) in [6.45, 7) is 5.67. The van der Waals surface area contributed by atoms with Crippen LogP contribution in [0.15, 0.2) is 18.3 Å². The largest absolute Gasteiger partial charge is 0.323 e. The molecule has 0 aliphatic rings. The molecule has 1 aromatic heterocycles. The minimum Gasteiger partial charge on any atom is -0.323 e. The molecule has 0 saturated carbocycles. The fourth-order valence-electron chi connectivity index (χ4n) is 1.43. The van der Waals surface area contributed by atoms with E-state index in [4.69, 9.17) is 5.26 Å². The van der Waals surface area contributed by atoms with Crippen LogP contribution in [0, 0.1) is 18.3 Å². The molecule has 4 heteroatoms. The Balaban J connectivity index is 3.01. The molecule has 4 nitrogen and oxygen atoms in total. The van der Waals surface area contributed by atoms with Crippen LogP contribution in [-0.4, -0.2) is 28.4 Å². The maximum absolute atomic E-state index is 12.1. The van der Waals surface area contributed by atoms with Gasteiger partial charge >= 0.3 is 0 Å². The van der Waals surface area contributed by atoms with E-state index < -0.39 is 0 Å². The highest BCUT2D eigenvalue weighted by molar-refractivity contribution is 5.95. The van der Waals surface area contributed by atoms with Gasteiger partial charge in [0.25, 0.3) is 5.91 Å². The average Bonchev–Trinajstić information content (AvgIpc) is 2.25. The van der Waals surface area contributed by atoms with Crippen LogP contribution in [0.1, 0.15) is 29.9 Å². The van der Waals surface area contributed by atoms with Crippen molar-refractivity contribution >= 4 is 5.91 Å². The van der Waals surface area contributed by atoms with Gasteiger partial charge in [-0.1, -0.05) is 0 Å². The Bertz CT molecular complexity index is 421. The topological polar surface area (TPSA) is 57.0 Å². The number of aryl methyl sites for hydroxylation is 1. The van der Waals surface area contributed by atoms with E-state index in [1.54, 1.807) is 25.3 Å². The molecule has 0 aliphatic heterocycles. The van der Waals surface area contributed by atoms with E-state index in [0.717, 1.165) is 0 Å². The molecule has 0 spiro atoms. The summed E-state index contributed by atoms with van der Waals surface area (Å²) in [7, 11) is 0. The predicted octanol–water partition coefficient (Wildman–Crippen LogP) is 1.76. The summed E-state index contributed by atoms with van der Waals surface area (Å²) in [6, 6.07) is 5.47. The van der Waals surface area contributed by atoms with E-state index >= 15 is 0 Å². The molecule has 0 aliphatic carbocycles. The Kier molecular flexibility index (Phi) is 4.01. The number of amides is 1. The maximum atomic E-state index is 12.1. The molecule has 1 rings (SSSR count). The Hall–Kier alpha value is -1.89. The second kappa shape index (κ2) is 5.26. The van der Waals surface area contributed by atoms with Crippen LogP contribution < -0.4 is 0 Å². The number of hydrogen-bond donors (Lipinski definition) is 0. The predicted molar refractivity (Wildman–Crippen MR) is 60.8 cm³/mol. The molecule has 0 bridgehead atoms. The first kappa shape index (κ1) is 12.2. The van der Waals surface area contributed by atoms with E-state index in [9.17, 15) is 4.79 Å². The van der Waals surface area contributed by atoms with Crippen molar-refractivity contribution in [3.05, 3.63) is 29.6 Å². The van der Waals surface area contributed by atoms with Gasteiger partial charge in [-0.25, -0.2) is 0 Å². The van der Waals surface area contributed by atoms with Crippen LogP contribution in [0.4, 0.5) is 0 Å². The van der Waals surface area contributed by atoms with Crippen molar-refractivity contribution in [2.75, 3.05) is 6.54 Å². The normalized spacial score (nSPS) is 9.94. The highest BCUT2D eigenvalue weighted by Crippen LogP contribution is 2.10. The quantitative estimate of drug-likeness (QED) is 0.725. The number of aromatic nitrogens is 1. The fourth-order valence-corrected chi connectivity index (χ4v) is 1.43. The lowest BCUT2D eigenvalue weighted by Crippen LogP contribution is -2.37. The summed E-state index contributed by atoms with van der Waals surface area (Å²) in [5.74, 6) is -0.137. The minimum absolute atomic E-state index is 0.00626. The van der Waals surface area contributed by atoms with Crippen LogP contribution in [-0.2, 0) is 0 Å². The molecule has 0 N–H and O–H groups in total. The van der Waals surface area contributed by atoms with Crippen LogP contribution in [0.3, 0.4) is 0 Å². The Morgan fingerprint density at radius 3 is 2.81 bits per heavy atom. The highest BCUT2D eigenvalue weighted by atomic mass is 16.2. The molecule has 0 fully saturated rings. The summed E-state index contributed by atoms with van der Waals surface area (Å²) >= 11 is 0. The second-order valence-electron chi connectivity index (χ2n) is 3.82. The summed E-state index contributed by atoms with van der Waals surface area (Å²) in [5, 5.41) is 8.69. The standard InChI is InChI=1S/C12H15N3O/c1-9(2)15(8-6-13)12(16)11-5-4-7-14-10(11)3/h4-5,7,9H,8H2,1-3H3. The van der Waals surface area contributed by atoms with E-state index in [2.05, 4.69) is 4.98 Å². The molecule has 0 saturated heterocycles. The van der Waals surface area contributed by atoms with Crippen molar-refractivity contribution in [2.24, 2.45) is 0 Å². The van der Waals surface area contributed by atoms with Gasteiger partial charge in [-0.2, -0.15) is 5.26 Å². The van der Waals surface area contributed by atoms with E-state index in [1.807, 2.05) is 19.9 Å². The third-order valence-electron chi connectivity index (χ3n) is 2.36. The van der Waals surface area contributed by atoms with E-state index in [1.165, 1.54) is 4.90 Å². The molecule has 84 valence electrons. The Morgan fingerprint density at radius 1 is 1.62 bits per heavy atom. The maximum Gasteiger partial charge on any atom is 0.256 e. The Morgan fingerprint density at radius 2 is 2.31 bits per heavy atom. The number of carbonyl (C=O) groups is 1. The minimum atomic E-state index is -0.137. The number of pyridine rings is 1. The van der Waals surface area contributed by atoms with Crippen molar-refractivity contribution in [1.29, 1.82) is 5.26 Å². The molecule has 0 atom stereocenters. The van der Waals surface area contributed by atoms with Gasteiger partial charge in [0, 0.05) is 17.9 Å². The summed E-state index contributed by atoms with van der Waals surface area (Å²) in [4.78, 5) is 17.7. The molecule has 1 aromatic rings. The first-order valence-corrected chi connectivity index (χ1v) is 5.17. The van der Waals surface area contributed by atoms with E-state index in [0.29, 0.717) is 11.3 Å². The fraction of sp³-hybridized carbons (Fsp3) is 0.417. The highest BCUT2D eigenvalue weighted by Gasteiger charge is 2.19. The van der Waals surface area contributed by atoms with E-state index in [-0.39, 0.29) is 18.5 Å². The smallest absolute Gasteiger partial charge is 0.256 e. The van der Waals surface area contributed by atoms with Gasteiger partial charge in [-0.05, 0) is 32.9 Å². The third-order valence-corrected chi connectivity index (χ3v) is 2.36. The summed E-state index contributed by atoms with van der Waals surface area (Å²) in [6.07, 6.45) is 1.65. The number of nitriles is 1. The second-order valence-corrected chi connectivity index (χ2v) is 3.82. The molecule has 0 unspecified atom stereocenters. The van der Waals surface area contributed by atoms with Gasteiger partial charge < -0.3 is 4.90 Å². The Labute approximate surface area is 95.5 Å². The van der Waals surface area contributed by atoms with Crippen LogP contribution in [0.2, 0.25) is 0 Å². The van der Waals surface area contributed by atoms with Gasteiger partial charge in [0.15, 0.2) is 0 Å². The number of carbonyl (C=O) groups excluding carboxylic acids is 1. The molecular formula is C12H15N3O. The lowest BCUT2D eigenvalue weighted by atomic mass is 10.1. The summed E-state index contributed by atoms with van der Waals surface area (Å²) < 4.78 is 0. The van der Waals surface area contributed by atoms with Crippen LogP contribution >= 0.6 is 0 Å². The molecule has 16 heavy (non-hydrogen) atoms. The van der Waals surface area contributed by atoms with Crippen molar-refractivity contribution in [3.63, 3.8) is 0 Å². The number of rotatable bonds is 3. The molecule has 0 radical (unpaired) electrons. The zero-order valence-corrected chi connectivity index (χ0v) is 9.77. The van der Waals surface area contributed by atoms with Crippen molar-refractivity contribution < 1.29 is 4.79 Å². The van der Waals surface area contributed by atoms with Crippen molar-refractivity contribution in [2.45, 2.75) is 26.8 Å². The zero-order valence-electron chi connectivity index (χ0n) is 9.77. The third kappa shape index (κ3) is 2.57. The van der Waals surface area contributed by atoms with Crippen LogP contribution in [0.25, 0.3) is 0 Å². The van der Waals surface area contributed by atoms with Gasteiger partial charge in [-0.15, -0.1) is 0 Å². The monoisotopic (exact) mass is 217 g/mol. The molecule has 1 heterocycles. The van der Waals surface area contributed by atoms with Crippen molar-refractivity contribution in [3.8, 4) is 6.07 Å². The molecule has 0 aromatic carbocycles. The van der Waals surface area contributed by atoms with Crippen LogP contribution in [0.5, 0.6) is 0 Å². The van der Waals surface area contributed by atoms with Gasteiger partial charge in [-0.3, -0.25) is 9.78 Å². The molecular weight excluding hydrogens is 202 g/mol. The first-order chi connectivity index (χ1) is 7.57. The van der Waals surface area contributed by atoms with Crippen molar-refractivity contribution in [1.82, 2.24) is 9.88 Å². The molecule has 1 amide bonds. The average molecular weight is 217 g/mol. The van der Waals surface area contributed by atoms with Gasteiger partial charge in [0.05, 0.1) is 11.6 Å². The van der Waals surface area contributed by atoms with Gasteiger partial charge in [0.2, 0.25) is 0 Å². The SMILES string of the molecule is Cc1ncccc1C(=O)N(CC#N)C(C)C. The number of hydrogen-bond acceptors (Lipinski definition) is 3. The lowest BCUT2D eigenvalue weighted by Gasteiger charge is -2.24. The number of nitrogens with zero attached hydrogens (tertiary/aromatic N) is 3. The first-order valence-electron chi connectivity index (χ1n) is 5.17. The lowest BCUT2D eigenvalue weighted by molar-refractivity contribution is 0.0730. The zero-order chi connectivity index (χ0) is 12.1.